The highest BCUT2D eigenvalue weighted by atomic mass is 35.5. The van der Waals surface area contributed by atoms with E-state index in [0.717, 1.165) is 28.4 Å². The van der Waals surface area contributed by atoms with Gasteiger partial charge in [0.05, 0.1) is 26.8 Å². The molecular formula is C14H13Cl3N4. The fraction of sp³-hybridized carbons (Fsp3) is 0.286. The van der Waals surface area contributed by atoms with E-state index in [1.165, 1.54) is 0 Å². The summed E-state index contributed by atoms with van der Waals surface area (Å²) >= 11 is 18.4. The third kappa shape index (κ3) is 2.31. The van der Waals surface area contributed by atoms with E-state index >= 15 is 0 Å². The molecule has 2 aromatic heterocycles. The number of imidazole rings is 1. The lowest BCUT2D eigenvalue weighted by Gasteiger charge is -2.11. The number of aromatic nitrogens is 4. The number of fused-ring (bicyclic) bond motifs is 1. The summed E-state index contributed by atoms with van der Waals surface area (Å²) in [7, 11) is 1.88. The summed E-state index contributed by atoms with van der Waals surface area (Å²) in [6, 6.07) is 5.45. The first-order valence-electron chi connectivity index (χ1n) is 6.41. The first kappa shape index (κ1) is 14.7. The topological polar surface area (TPSA) is 35.6 Å². The van der Waals surface area contributed by atoms with Crippen molar-refractivity contribution in [2.24, 2.45) is 7.05 Å². The first-order chi connectivity index (χ1) is 9.90. The van der Waals surface area contributed by atoms with Gasteiger partial charge >= 0.3 is 0 Å². The lowest BCUT2D eigenvalue weighted by Crippen LogP contribution is -2.06. The molecule has 1 unspecified atom stereocenters. The number of rotatable bonds is 2. The van der Waals surface area contributed by atoms with Gasteiger partial charge in [-0.2, -0.15) is 5.10 Å². The lowest BCUT2D eigenvalue weighted by molar-refractivity contribution is 0.748. The Bertz CT molecular complexity index is 832. The Kier molecular flexibility index (Phi) is 3.64. The van der Waals surface area contributed by atoms with Gasteiger partial charge in [-0.15, -0.1) is 11.6 Å². The van der Waals surface area contributed by atoms with Crippen LogP contribution in [0.1, 0.15) is 23.8 Å². The smallest absolute Gasteiger partial charge is 0.163 e. The van der Waals surface area contributed by atoms with E-state index in [-0.39, 0.29) is 5.38 Å². The Morgan fingerprint density at radius 2 is 1.90 bits per heavy atom. The molecule has 2 heterocycles. The number of hydrogen-bond acceptors (Lipinski definition) is 2. The van der Waals surface area contributed by atoms with E-state index in [4.69, 9.17) is 34.8 Å². The Labute approximate surface area is 137 Å². The number of hydrogen-bond donors (Lipinski definition) is 0. The first-order valence-corrected chi connectivity index (χ1v) is 7.61. The molecule has 7 heteroatoms. The lowest BCUT2D eigenvalue weighted by atomic mass is 10.3. The summed E-state index contributed by atoms with van der Waals surface area (Å²) < 4.78 is 3.76. The number of halogens is 3. The Morgan fingerprint density at radius 3 is 2.52 bits per heavy atom. The molecule has 3 rings (SSSR count). The van der Waals surface area contributed by atoms with Gasteiger partial charge in [0.1, 0.15) is 11.3 Å². The molecule has 3 aromatic rings. The van der Waals surface area contributed by atoms with Crippen LogP contribution in [-0.2, 0) is 7.05 Å². The second-order valence-electron chi connectivity index (χ2n) is 4.90. The third-order valence-corrected chi connectivity index (χ3v) is 4.28. The molecule has 0 N–H and O–H groups in total. The van der Waals surface area contributed by atoms with Crippen LogP contribution in [0.5, 0.6) is 0 Å². The Balaban J connectivity index is 2.38. The fourth-order valence-corrected chi connectivity index (χ4v) is 2.87. The van der Waals surface area contributed by atoms with Gasteiger partial charge in [0.2, 0.25) is 0 Å². The maximum Gasteiger partial charge on any atom is 0.163 e. The Hall–Kier alpha value is -1.23. The monoisotopic (exact) mass is 342 g/mol. The van der Waals surface area contributed by atoms with Crippen LogP contribution in [-0.4, -0.2) is 19.3 Å². The molecule has 0 amide bonds. The molecule has 110 valence electrons. The molecule has 0 aliphatic heterocycles. The van der Waals surface area contributed by atoms with E-state index < -0.39 is 0 Å². The largest absolute Gasteiger partial charge is 0.280 e. The van der Waals surface area contributed by atoms with Crippen LogP contribution < -0.4 is 0 Å². The van der Waals surface area contributed by atoms with Crippen molar-refractivity contribution in [1.82, 2.24) is 19.3 Å². The van der Waals surface area contributed by atoms with Crippen LogP contribution in [0, 0.1) is 6.92 Å². The van der Waals surface area contributed by atoms with Gasteiger partial charge in [-0.05, 0) is 32.0 Å². The van der Waals surface area contributed by atoms with Crippen molar-refractivity contribution in [3.8, 4) is 5.69 Å². The number of aryl methyl sites for hydroxylation is 2. The Morgan fingerprint density at radius 1 is 1.19 bits per heavy atom. The van der Waals surface area contributed by atoms with Gasteiger partial charge in [-0.25, -0.2) is 9.67 Å². The number of alkyl halides is 1. The van der Waals surface area contributed by atoms with Crippen LogP contribution in [0.4, 0.5) is 0 Å². The van der Waals surface area contributed by atoms with Crippen molar-refractivity contribution in [1.29, 1.82) is 0 Å². The minimum absolute atomic E-state index is 0.244. The zero-order valence-electron chi connectivity index (χ0n) is 11.7. The van der Waals surface area contributed by atoms with Crippen LogP contribution >= 0.6 is 34.8 Å². The van der Waals surface area contributed by atoms with Gasteiger partial charge in [0.15, 0.2) is 5.65 Å². The van der Waals surface area contributed by atoms with Crippen LogP contribution in [0.3, 0.4) is 0 Å². The van der Waals surface area contributed by atoms with E-state index in [9.17, 15) is 0 Å². The third-order valence-electron chi connectivity index (χ3n) is 3.35. The molecule has 1 atom stereocenters. The summed E-state index contributed by atoms with van der Waals surface area (Å²) in [5, 5.41) is 5.17. The highest BCUT2D eigenvalue weighted by molar-refractivity contribution is 6.42. The summed E-state index contributed by atoms with van der Waals surface area (Å²) in [5.74, 6) is 0.751. The van der Waals surface area contributed by atoms with Crippen molar-refractivity contribution in [3.63, 3.8) is 0 Å². The zero-order chi connectivity index (χ0) is 15.3. The van der Waals surface area contributed by atoms with Crippen molar-refractivity contribution < 1.29 is 0 Å². The van der Waals surface area contributed by atoms with E-state index in [0.29, 0.717) is 10.0 Å². The summed E-state index contributed by atoms with van der Waals surface area (Å²) in [6.07, 6.45) is 0. The van der Waals surface area contributed by atoms with Crippen LogP contribution in [0.25, 0.3) is 16.9 Å². The second-order valence-corrected chi connectivity index (χ2v) is 6.37. The normalized spacial score (nSPS) is 13.0. The molecule has 0 fully saturated rings. The highest BCUT2D eigenvalue weighted by Gasteiger charge is 2.21. The molecule has 0 aliphatic rings. The quantitative estimate of drug-likeness (QED) is 0.634. The van der Waals surface area contributed by atoms with Crippen molar-refractivity contribution >= 4 is 46.0 Å². The molecule has 0 bridgehead atoms. The van der Waals surface area contributed by atoms with Crippen molar-refractivity contribution in [2.45, 2.75) is 19.2 Å². The van der Waals surface area contributed by atoms with E-state index in [1.54, 1.807) is 16.8 Å². The van der Waals surface area contributed by atoms with Gasteiger partial charge in [0, 0.05) is 7.05 Å². The SMILES string of the molecule is Cc1nn(C)c2c1nc(C(C)Cl)n2-c1ccc(Cl)c(Cl)c1. The van der Waals surface area contributed by atoms with Gasteiger partial charge < -0.3 is 0 Å². The minimum atomic E-state index is -0.244. The van der Waals surface area contributed by atoms with Crippen LogP contribution in [0.15, 0.2) is 18.2 Å². The van der Waals surface area contributed by atoms with E-state index in [1.807, 2.05) is 31.5 Å². The standard InChI is InChI=1S/C14H13Cl3N4/c1-7(15)13-18-12-8(2)19-20(3)14(12)21(13)9-4-5-10(16)11(17)6-9/h4-7H,1-3H3. The second kappa shape index (κ2) is 5.20. The molecule has 0 saturated carbocycles. The molecule has 0 radical (unpaired) electrons. The highest BCUT2D eigenvalue weighted by Crippen LogP contribution is 2.32. The predicted octanol–water partition coefficient (Wildman–Crippen LogP) is 4.67. The zero-order valence-corrected chi connectivity index (χ0v) is 14.0. The number of nitrogens with zero attached hydrogens (tertiary/aromatic N) is 4. The molecule has 0 spiro atoms. The predicted molar refractivity (Wildman–Crippen MR) is 86.9 cm³/mol. The maximum absolute atomic E-state index is 6.29. The molecular weight excluding hydrogens is 331 g/mol. The fourth-order valence-electron chi connectivity index (χ4n) is 2.43. The van der Waals surface area contributed by atoms with Crippen LogP contribution in [0.2, 0.25) is 10.0 Å². The van der Waals surface area contributed by atoms with Gasteiger partial charge in [-0.3, -0.25) is 4.57 Å². The maximum atomic E-state index is 6.29. The average Bonchev–Trinajstić information content (AvgIpc) is 2.93. The van der Waals surface area contributed by atoms with Gasteiger partial charge in [0.25, 0.3) is 0 Å². The summed E-state index contributed by atoms with van der Waals surface area (Å²) in [4.78, 5) is 4.63. The summed E-state index contributed by atoms with van der Waals surface area (Å²) in [5.41, 5.74) is 3.45. The average molecular weight is 344 g/mol. The number of benzene rings is 1. The summed E-state index contributed by atoms with van der Waals surface area (Å²) in [6.45, 7) is 3.82. The molecule has 4 nitrogen and oxygen atoms in total. The molecule has 21 heavy (non-hydrogen) atoms. The molecule has 0 aliphatic carbocycles. The van der Waals surface area contributed by atoms with Gasteiger partial charge in [-0.1, -0.05) is 23.2 Å². The van der Waals surface area contributed by atoms with E-state index in [2.05, 4.69) is 10.1 Å². The minimum Gasteiger partial charge on any atom is -0.280 e. The molecule has 0 saturated heterocycles. The molecule has 1 aromatic carbocycles. The van der Waals surface area contributed by atoms with Crippen molar-refractivity contribution in [2.75, 3.05) is 0 Å². The van der Waals surface area contributed by atoms with Crippen molar-refractivity contribution in [3.05, 3.63) is 39.8 Å².